The Morgan fingerprint density at radius 1 is 1.47 bits per heavy atom. The lowest BCUT2D eigenvalue weighted by Crippen LogP contribution is -2.27. The van der Waals surface area contributed by atoms with Gasteiger partial charge in [0.25, 0.3) is 0 Å². The van der Waals surface area contributed by atoms with Crippen LogP contribution in [0.1, 0.15) is 33.3 Å². The quantitative estimate of drug-likeness (QED) is 0.785. The normalized spacial score (nSPS) is 11.1. The van der Waals surface area contributed by atoms with Crippen LogP contribution in [0.4, 0.5) is 10.5 Å². The van der Waals surface area contributed by atoms with Crippen LogP contribution >= 0.6 is 0 Å². The fourth-order valence-electron chi connectivity index (χ4n) is 1.43. The molecule has 1 radical (unpaired) electrons. The number of hydrogen-bond donors (Lipinski definition) is 0. The molecule has 0 fully saturated rings. The first kappa shape index (κ1) is 13.6. The van der Waals surface area contributed by atoms with Gasteiger partial charge in [-0.25, -0.2) is 4.79 Å². The van der Waals surface area contributed by atoms with Gasteiger partial charge in [0.2, 0.25) is 0 Å². The van der Waals surface area contributed by atoms with Crippen LogP contribution in [0.15, 0.2) is 18.2 Å². The highest BCUT2D eigenvalue weighted by Crippen LogP contribution is 2.25. The van der Waals surface area contributed by atoms with Crippen LogP contribution in [-0.4, -0.2) is 19.7 Å². The Hall–Kier alpha value is -1.51. The summed E-state index contributed by atoms with van der Waals surface area (Å²) in [7, 11) is 1.69. The van der Waals surface area contributed by atoms with Crippen molar-refractivity contribution < 1.29 is 9.53 Å². The molecule has 17 heavy (non-hydrogen) atoms. The predicted molar refractivity (Wildman–Crippen MR) is 69.4 cm³/mol. The summed E-state index contributed by atoms with van der Waals surface area (Å²) in [6.45, 7) is 8.58. The molecule has 0 unspecified atom stereocenters. The van der Waals surface area contributed by atoms with Gasteiger partial charge >= 0.3 is 6.09 Å². The highest BCUT2D eigenvalue weighted by atomic mass is 16.6. The maximum absolute atomic E-state index is 11.6. The molecule has 0 saturated heterocycles. The van der Waals surface area contributed by atoms with E-state index >= 15 is 0 Å². The van der Waals surface area contributed by atoms with Crippen LogP contribution < -0.4 is 4.90 Å². The zero-order valence-corrected chi connectivity index (χ0v) is 11.2. The molecule has 0 heterocycles. The number of hydrogen-bond acceptors (Lipinski definition) is 2. The third-order valence-electron chi connectivity index (χ3n) is 2.56. The molecule has 0 aliphatic rings. The smallest absolute Gasteiger partial charge is 0.414 e. The van der Waals surface area contributed by atoms with Crippen molar-refractivity contribution in [3.05, 3.63) is 29.8 Å². The van der Waals surface area contributed by atoms with Gasteiger partial charge in [-0.15, -0.1) is 0 Å². The van der Waals surface area contributed by atoms with Crippen molar-refractivity contribution in [2.45, 2.75) is 33.1 Å². The average Bonchev–Trinajstić information content (AvgIpc) is 2.27. The van der Waals surface area contributed by atoms with Crippen LogP contribution in [0.2, 0.25) is 0 Å². The summed E-state index contributed by atoms with van der Waals surface area (Å²) in [5, 5.41) is 0. The molecule has 1 aromatic rings. The van der Waals surface area contributed by atoms with Gasteiger partial charge in [-0.2, -0.15) is 0 Å². The molecule has 1 rings (SSSR count). The van der Waals surface area contributed by atoms with E-state index in [2.05, 4.69) is 26.8 Å². The summed E-state index contributed by atoms with van der Waals surface area (Å²) >= 11 is 0. The molecular weight excluding hydrogens is 214 g/mol. The van der Waals surface area contributed by atoms with Crippen molar-refractivity contribution in [3.8, 4) is 0 Å². The van der Waals surface area contributed by atoms with Crippen molar-refractivity contribution >= 4 is 11.8 Å². The maximum Gasteiger partial charge on any atom is 0.414 e. The van der Waals surface area contributed by atoms with Crippen LogP contribution in [-0.2, 0) is 10.2 Å². The highest BCUT2D eigenvalue weighted by molar-refractivity contribution is 5.86. The number of anilines is 1. The standard InChI is InChI=1S/C14H20NO2/c1-6-17-13(16)15(5)12-9-7-8-11(10-12)14(2,3)4/h7-8,10H,6H2,1-5H3. The van der Waals surface area contributed by atoms with E-state index in [9.17, 15) is 4.79 Å². The van der Waals surface area contributed by atoms with Gasteiger partial charge in [-0.05, 0) is 24.0 Å². The topological polar surface area (TPSA) is 29.5 Å². The summed E-state index contributed by atoms with van der Waals surface area (Å²) in [4.78, 5) is 13.1. The van der Waals surface area contributed by atoms with E-state index in [1.165, 1.54) is 10.5 Å². The minimum absolute atomic E-state index is 0.0549. The van der Waals surface area contributed by atoms with Crippen LogP contribution in [0.5, 0.6) is 0 Å². The summed E-state index contributed by atoms with van der Waals surface area (Å²) in [6.07, 6.45) is -0.352. The number of ether oxygens (including phenoxy) is 1. The first-order chi connectivity index (χ1) is 7.86. The third kappa shape index (κ3) is 3.48. The van der Waals surface area contributed by atoms with Gasteiger partial charge in [-0.3, -0.25) is 4.90 Å². The minimum Gasteiger partial charge on any atom is -0.449 e. The van der Waals surface area contributed by atoms with Gasteiger partial charge in [0.05, 0.1) is 12.3 Å². The fourth-order valence-corrected chi connectivity index (χ4v) is 1.43. The van der Waals surface area contributed by atoms with E-state index < -0.39 is 0 Å². The van der Waals surface area contributed by atoms with E-state index in [4.69, 9.17) is 4.74 Å². The molecule has 3 nitrogen and oxygen atoms in total. The molecule has 0 aliphatic carbocycles. The first-order valence-corrected chi connectivity index (χ1v) is 5.79. The van der Waals surface area contributed by atoms with E-state index in [-0.39, 0.29) is 11.5 Å². The molecule has 0 atom stereocenters. The number of carbonyl (C=O) groups is 1. The molecule has 1 amide bonds. The Morgan fingerprint density at radius 3 is 2.65 bits per heavy atom. The molecule has 0 spiro atoms. The van der Waals surface area contributed by atoms with Crippen molar-refractivity contribution in [2.24, 2.45) is 0 Å². The van der Waals surface area contributed by atoms with E-state index in [0.29, 0.717) is 6.61 Å². The zero-order chi connectivity index (χ0) is 13.1. The zero-order valence-electron chi connectivity index (χ0n) is 11.2. The maximum atomic E-state index is 11.6. The Bertz CT molecular complexity index is 393. The molecule has 3 heteroatoms. The number of nitrogens with zero attached hydrogens (tertiary/aromatic N) is 1. The molecule has 0 aromatic heterocycles. The van der Waals surface area contributed by atoms with Gasteiger partial charge in [-0.1, -0.05) is 32.9 Å². The van der Waals surface area contributed by atoms with Crippen LogP contribution in [0, 0.1) is 6.07 Å². The summed E-state index contributed by atoms with van der Waals surface area (Å²) in [6, 6.07) is 8.87. The Kier molecular flexibility index (Phi) is 4.16. The van der Waals surface area contributed by atoms with Crippen molar-refractivity contribution in [1.82, 2.24) is 0 Å². The number of amides is 1. The van der Waals surface area contributed by atoms with Crippen LogP contribution in [0.25, 0.3) is 0 Å². The van der Waals surface area contributed by atoms with Crippen molar-refractivity contribution in [3.63, 3.8) is 0 Å². The third-order valence-corrected chi connectivity index (χ3v) is 2.56. The Balaban J connectivity index is 2.96. The molecule has 0 saturated carbocycles. The Labute approximate surface area is 103 Å². The minimum atomic E-state index is -0.352. The summed E-state index contributed by atoms with van der Waals surface area (Å²) in [5.41, 5.74) is 1.96. The first-order valence-electron chi connectivity index (χ1n) is 5.79. The highest BCUT2D eigenvalue weighted by Gasteiger charge is 2.17. The van der Waals surface area contributed by atoms with Gasteiger partial charge in [0, 0.05) is 13.1 Å². The lowest BCUT2D eigenvalue weighted by Gasteiger charge is -2.22. The van der Waals surface area contributed by atoms with Crippen molar-refractivity contribution in [2.75, 3.05) is 18.6 Å². The molecule has 93 valence electrons. The van der Waals surface area contributed by atoms with E-state index in [0.717, 1.165) is 5.69 Å². The predicted octanol–water partition coefficient (Wildman–Crippen LogP) is 3.38. The summed E-state index contributed by atoms with van der Waals surface area (Å²) < 4.78 is 4.95. The van der Waals surface area contributed by atoms with E-state index in [1.807, 2.05) is 18.2 Å². The lowest BCUT2D eigenvalue weighted by atomic mass is 9.87. The SMILES string of the molecule is CCOC(=O)N(C)c1[c]ccc(C(C)(C)C)c1. The van der Waals surface area contributed by atoms with Gasteiger partial charge < -0.3 is 4.74 Å². The number of benzene rings is 1. The lowest BCUT2D eigenvalue weighted by molar-refractivity contribution is 0.161. The average molecular weight is 234 g/mol. The largest absolute Gasteiger partial charge is 0.449 e. The number of rotatable bonds is 2. The molecule has 0 N–H and O–H groups in total. The molecule has 0 bridgehead atoms. The summed E-state index contributed by atoms with van der Waals surface area (Å²) in [5.74, 6) is 0. The van der Waals surface area contributed by atoms with Gasteiger partial charge in [0.15, 0.2) is 0 Å². The van der Waals surface area contributed by atoms with E-state index in [1.54, 1.807) is 14.0 Å². The molecular formula is C14H20NO2. The second-order valence-electron chi connectivity index (χ2n) is 4.97. The van der Waals surface area contributed by atoms with Crippen LogP contribution in [0.3, 0.4) is 0 Å². The second-order valence-corrected chi connectivity index (χ2v) is 4.97. The molecule has 1 aromatic carbocycles. The number of carbonyl (C=O) groups excluding carboxylic acids is 1. The van der Waals surface area contributed by atoms with Crippen molar-refractivity contribution in [1.29, 1.82) is 0 Å². The van der Waals surface area contributed by atoms with Gasteiger partial charge in [0.1, 0.15) is 0 Å². The monoisotopic (exact) mass is 234 g/mol. The molecule has 0 aliphatic heterocycles. The Morgan fingerprint density at radius 2 is 2.12 bits per heavy atom. The fraction of sp³-hybridized carbons (Fsp3) is 0.500. The second kappa shape index (κ2) is 5.21.